The molecule has 2 saturated carbocycles. The molecule has 1 aromatic carbocycles. The summed E-state index contributed by atoms with van der Waals surface area (Å²) < 4.78 is 0. The maximum Gasteiger partial charge on any atom is 0.311 e. The highest BCUT2D eigenvalue weighted by Crippen LogP contribution is 2.75. The lowest BCUT2D eigenvalue weighted by molar-refractivity contribution is -0.148. The van der Waals surface area contributed by atoms with Gasteiger partial charge in [-0.1, -0.05) is 57.0 Å². The molecule has 2 aliphatic carbocycles. The summed E-state index contributed by atoms with van der Waals surface area (Å²) in [4.78, 5) is 12.1. The van der Waals surface area contributed by atoms with Gasteiger partial charge >= 0.3 is 5.97 Å². The van der Waals surface area contributed by atoms with E-state index < -0.39 is 11.4 Å². The van der Waals surface area contributed by atoms with Crippen molar-refractivity contribution < 1.29 is 9.90 Å². The second-order valence-electron chi connectivity index (χ2n) is 6.93. The van der Waals surface area contributed by atoms with Crippen LogP contribution in [-0.2, 0) is 10.2 Å². The van der Waals surface area contributed by atoms with E-state index in [1.807, 2.05) is 18.2 Å². The van der Waals surface area contributed by atoms with Gasteiger partial charge < -0.3 is 5.11 Å². The Morgan fingerprint density at radius 1 is 1.11 bits per heavy atom. The highest BCUT2D eigenvalue weighted by atomic mass is 16.4. The van der Waals surface area contributed by atoms with Crippen molar-refractivity contribution in [2.24, 2.45) is 10.8 Å². The van der Waals surface area contributed by atoms with Crippen molar-refractivity contribution in [3.8, 4) is 0 Å². The van der Waals surface area contributed by atoms with Gasteiger partial charge in [0.05, 0.1) is 5.41 Å². The van der Waals surface area contributed by atoms with Crippen molar-refractivity contribution in [2.75, 3.05) is 0 Å². The molecule has 0 saturated heterocycles. The van der Waals surface area contributed by atoms with Crippen LogP contribution in [-0.4, -0.2) is 11.1 Å². The number of benzene rings is 1. The van der Waals surface area contributed by atoms with E-state index in [1.165, 1.54) is 5.56 Å². The summed E-state index contributed by atoms with van der Waals surface area (Å²) >= 11 is 0. The standard InChI is InChI=1S/C17H22O2/c1-15(2)12-17(15,14(18)19)16(10-6-7-11-16)13-8-4-3-5-9-13/h3-5,8-9H,6-7,10-12H2,1-2H3,(H,18,19). The van der Waals surface area contributed by atoms with Gasteiger partial charge in [-0.15, -0.1) is 0 Å². The molecule has 1 atom stereocenters. The van der Waals surface area contributed by atoms with Gasteiger partial charge in [-0.05, 0) is 30.2 Å². The zero-order chi connectivity index (χ0) is 13.7. The lowest BCUT2D eigenvalue weighted by atomic mass is 9.63. The van der Waals surface area contributed by atoms with E-state index in [1.54, 1.807) is 0 Å². The summed E-state index contributed by atoms with van der Waals surface area (Å²) in [5, 5.41) is 9.93. The first-order valence-corrected chi connectivity index (χ1v) is 7.25. The van der Waals surface area contributed by atoms with Crippen LogP contribution in [0.2, 0.25) is 0 Å². The van der Waals surface area contributed by atoms with Gasteiger partial charge in [-0.2, -0.15) is 0 Å². The molecule has 19 heavy (non-hydrogen) atoms. The van der Waals surface area contributed by atoms with Gasteiger partial charge in [0.25, 0.3) is 0 Å². The Morgan fingerprint density at radius 3 is 2.05 bits per heavy atom. The number of hydrogen-bond acceptors (Lipinski definition) is 1. The summed E-state index contributed by atoms with van der Waals surface area (Å²) in [6.07, 6.45) is 5.16. The van der Waals surface area contributed by atoms with Crippen molar-refractivity contribution in [1.82, 2.24) is 0 Å². The molecule has 0 amide bonds. The smallest absolute Gasteiger partial charge is 0.311 e. The van der Waals surface area contributed by atoms with E-state index in [0.29, 0.717) is 0 Å². The minimum atomic E-state index is -0.594. The van der Waals surface area contributed by atoms with Crippen molar-refractivity contribution in [2.45, 2.75) is 51.4 Å². The Labute approximate surface area is 114 Å². The molecule has 0 heterocycles. The molecule has 0 radical (unpaired) electrons. The monoisotopic (exact) mass is 258 g/mol. The van der Waals surface area contributed by atoms with Crippen LogP contribution in [0.3, 0.4) is 0 Å². The number of carbonyl (C=O) groups is 1. The summed E-state index contributed by atoms with van der Waals surface area (Å²) in [5.74, 6) is -0.594. The molecule has 0 spiro atoms. The van der Waals surface area contributed by atoms with E-state index >= 15 is 0 Å². The molecule has 102 valence electrons. The van der Waals surface area contributed by atoms with Crippen molar-refractivity contribution in [3.63, 3.8) is 0 Å². The molecular formula is C17H22O2. The SMILES string of the molecule is CC1(C)CC1(C(=O)O)C1(c2ccccc2)CCCC1. The van der Waals surface area contributed by atoms with Crippen molar-refractivity contribution in [1.29, 1.82) is 0 Å². The number of carboxylic acids is 1. The van der Waals surface area contributed by atoms with E-state index in [9.17, 15) is 9.90 Å². The average molecular weight is 258 g/mol. The van der Waals surface area contributed by atoms with Crippen LogP contribution in [0.1, 0.15) is 51.5 Å². The Morgan fingerprint density at radius 2 is 1.63 bits per heavy atom. The van der Waals surface area contributed by atoms with E-state index in [0.717, 1.165) is 32.1 Å². The van der Waals surface area contributed by atoms with Gasteiger partial charge in [0.15, 0.2) is 0 Å². The predicted molar refractivity (Wildman–Crippen MR) is 75.1 cm³/mol. The van der Waals surface area contributed by atoms with E-state index in [-0.39, 0.29) is 10.8 Å². The van der Waals surface area contributed by atoms with Crippen LogP contribution in [0.4, 0.5) is 0 Å². The van der Waals surface area contributed by atoms with Crippen LogP contribution >= 0.6 is 0 Å². The third-order valence-electron chi connectivity index (χ3n) is 5.70. The molecule has 1 unspecified atom stereocenters. The van der Waals surface area contributed by atoms with Crippen molar-refractivity contribution in [3.05, 3.63) is 35.9 Å². The summed E-state index contributed by atoms with van der Waals surface area (Å²) in [6, 6.07) is 10.4. The highest BCUT2D eigenvalue weighted by Gasteiger charge is 2.76. The topological polar surface area (TPSA) is 37.3 Å². The highest BCUT2D eigenvalue weighted by molar-refractivity contribution is 5.83. The Balaban J connectivity index is 2.15. The quantitative estimate of drug-likeness (QED) is 0.889. The Bertz CT molecular complexity index is 497. The number of aliphatic carboxylic acids is 1. The fourth-order valence-electron chi connectivity index (χ4n) is 4.70. The molecule has 0 bridgehead atoms. The molecule has 2 heteroatoms. The molecule has 0 aromatic heterocycles. The van der Waals surface area contributed by atoms with Gasteiger partial charge in [0.1, 0.15) is 0 Å². The lowest BCUT2D eigenvalue weighted by Crippen LogP contribution is -2.42. The fourth-order valence-corrected chi connectivity index (χ4v) is 4.70. The van der Waals surface area contributed by atoms with Crippen LogP contribution < -0.4 is 0 Å². The number of carboxylic acid groups (broad SMARTS) is 1. The van der Waals surface area contributed by atoms with Crippen LogP contribution in [0.25, 0.3) is 0 Å². The summed E-state index contributed by atoms with van der Waals surface area (Å²) in [7, 11) is 0. The summed E-state index contributed by atoms with van der Waals surface area (Å²) in [6.45, 7) is 4.23. The minimum Gasteiger partial charge on any atom is -0.481 e. The molecule has 1 aromatic rings. The molecule has 2 nitrogen and oxygen atoms in total. The summed E-state index contributed by atoms with van der Waals surface area (Å²) in [5.41, 5.74) is 0.445. The van der Waals surface area contributed by atoms with Gasteiger partial charge in [-0.25, -0.2) is 0 Å². The van der Waals surface area contributed by atoms with E-state index in [2.05, 4.69) is 26.0 Å². The van der Waals surface area contributed by atoms with Gasteiger partial charge in [0, 0.05) is 5.41 Å². The second kappa shape index (κ2) is 3.84. The molecule has 2 fully saturated rings. The fraction of sp³-hybridized carbons (Fsp3) is 0.588. The van der Waals surface area contributed by atoms with E-state index in [4.69, 9.17) is 0 Å². The maximum atomic E-state index is 12.1. The largest absolute Gasteiger partial charge is 0.481 e. The molecule has 0 aliphatic heterocycles. The predicted octanol–water partition coefficient (Wildman–Crippen LogP) is 4.00. The third-order valence-corrected chi connectivity index (χ3v) is 5.70. The van der Waals surface area contributed by atoms with Gasteiger partial charge in [0.2, 0.25) is 0 Å². The first-order valence-electron chi connectivity index (χ1n) is 7.25. The molecular weight excluding hydrogens is 236 g/mol. The molecule has 1 N–H and O–H groups in total. The molecule has 2 aliphatic rings. The lowest BCUT2D eigenvalue weighted by Gasteiger charge is -2.38. The number of rotatable bonds is 3. The minimum absolute atomic E-state index is 0.0843. The Kier molecular flexibility index (Phi) is 2.57. The molecule has 3 rings (SSSR count). The van der Waals surface area contributed by atoms with Gasteiger partial charge in [-0.3, -0.25) is 4.79 Å². The zero-order valence-corrected chi connectivity index (χ0v) is 11.8. The zero-order valence-electron chi connectivity index (χ0n) is 11.8. The Hall–Kier alpha value is -1.31. The van der Waals surface area contributed by atoms with Crippen LogP contribution in [0.5, 0.6) is 0 Å². The van der Waals surface area contributed by atoms with Crippen LogP contribution in [0.15, 0.2) is 30.3 Å². The van der Waals surface area contributed by atoms with Crippen molar-refractivity contribution >= 4 is 5.97 Å². The maximum absolute atomic E-state index is 12.1. The average Bonchev–Trinajstić information content (AvgIpc) is 2.78. The first kappa shape index (κ1) is 12.7. The van der Waals surface area contributed by atoms with Crippen LogP contribution in [0, 0.1) is 10.8 Å². The first-order chi connectivity index (χ1) is 8.96. The normalized spacial score (nSPS) is 31.1. The second-order valence-corrected chi connectivity index (χ2v) is 6.93. The third kappa shape index (κ3) is 1.46. The number of hydrogen-bond donors (Lipinski definition) is 1.